The molecule has 0 aliphatic heterocycles. The van der Waals surface area contributed by atoms with Crippen molar-refractivity contribution in [2.75, 3.05) is 12.3 Å². The Morgan fingerprint density at radius 1 is 1.25 bits per heavy atom. The van der Waals surface area contributed by atoms with Gasteiger partial charge >= 0.3 is 0 Å². The third kappa shape index (κ3) is 6.58. The van der Waals surface area contributed by atoms with E-state index in [2.05, 4.69) is 24.5 Å². The molecule has 12 heavy (non-hydrogen) atoms. The van der Waals surface area contributed by atoms with Gasteiger partial charge in [0.1, 0.15) is 0 Å². The summed E-state index contributed by atoms with van der Waals surface area (Å²) >= 11 is 3.46. The fraction of sp³-hybridized carbons (Fsp3) is 0.333. The summed E-state index contributed by atoms with van der Waals surface area (Å²) in [5.74, 6) is 0.958. The number of nitrogens with one attached hydrogen (secondary N) is 1. The summed E-state index contributed by atoms with van der Waals surface area (Å²) in [6.07, 6.45) is 5.66. The van der Waals surface area contributed by atoms with E-state index in [1.54, 1.807) is 23.7 Å². The second-order valence-electron chi connectivity index (χ2n) is 1.98. The number of hydrogen-bond donors (Lipinski definition) is 1. The molecule has 1 nitrogen and oxygen atoms in total. The van der Waals surface area contributed by atoms with Crippen molar-refractivity contribution in [3.05, 3.63) is 38.0 Å². The fourth-order valence-corrected chi connectivity index (χ4v) is 2.15. The van der Waals surface area contributed by atoms with Crippen LogP contribution in [0.3, 0.4) is 0 Å². The molecular formula is C9H15NS2. The van der Waals surface area contributed by atoms with Crippen molar-refractivity contribution in [3.63, 3.8) is 0 Å². The van der Waals surface area contributed by atoms with Gasteiger partial charge in [-0.25, -0.2) is 0 Å². The summed E-state index contributed by atoms with van der Waals surface area (Å²) in [7, 11) is 0. The Balaban J connectivity index is 3.44. The highest BCUT2D eigenvalue weighted by Gasteiger charge is 2.01. The van der Waals surface area contributed by atoms with Crippen LogP contribution >= 0.6 is 23.7 Å². The molecule has 0 aromatic heterocycles. The Labute approximate surface area is 83.5 Å². The third-order valence-electron chi connectivity index (χ3n) is 0.998. The van der Waals surface area contributed by atoms with Crippen molar-refractivity contribution >= 4 is 23.7 Å². The molecule has 0 spiro atoms. The van der Waals surface area contributed by atoms with Crippen molar-refractivity contribution in [3.8, 4) is 0 Å². The van der Waals surface area contributed by atoms with E-state index >= 15 is 0 Å². The molecule has 0 saturated carbocycles. The third-order valence-corrected chi connectivity index (χ3v) is 3.40. The molecule has 0 saturated heterocycles. The van der Waals surface area contributed by atoms with E-state index in [-0.39, 0.29) is 0 Å². The second-order valence-corrected chi connectivity index (χ2v) is 4.49. The van der Waals surface area contributed by atoms with Crippen molar-refractivity contribution in [1.29, 1.82) is 0 Å². The molecule has 0 radical (unpaired) electrons. The molecule has 3 heteroatoms. The van der Waals surface area contributed by atoms with Crippen LogP contribution in [0.5, 0.6) is 0 Å². The van der Waals surface area contributed by atoms with E-state index in [0.29, 0.717) is 4.58 Å². The summed E-state index contributed by atoms with van der Waals surface area (Å²) in [4.78, 5) is 0. The zero-order valence-corrected chi connectivity index (χ0v) is 8.79. The first-order valence-corrected chi connectivity index (χ1v) is 5.62. The van der Waals surface area contributed by atoms with Crippen LogP contribution in [0, 0.1) is 0 Å². The minimum Gasteiger partial charge on any atom is -0.259 e. The lowest BCUT2D eigenvalue weighted by Crippen LogP contribution is -2.07. The number of hydrogen-bond acceptors (Lipinski definition) is 3. The standard InChI is InChI=1S/C9H15NS2/c1-4-7-10-12-9(6-3)11-8-5-2/h4-6,9-10H,1-3,7-8H2. The topological polar surface area (TPSA) is 12.0 Å². The summed E-state index contributed by atoms with van der Waals surface area (Å²) in [6.45, 7) is 11.9. The predicted molar refractivity (Wildman–Crippen MR) is 62.4 cm³/mol. The van der Waals surface area contributed by atoms with Gasteiger partial charge in [0.2, 0.25) is 0 Å². The van der Waals surface area contributed by atoms with Crippen molar-refractivity contribution in [1.82, 2.24) is 4.72 Å². The van der Waals surface area contributed by atoms with Crippen molar-refractivity contribution in [2.45, 2.75) is 4.58 Å². The normalized spacial score (nSPS) is 12.0. The molecule has 68 valence electrons. The molecule has 0 aromatic carbocycles. The average molecular weight is 201 g/mol. The van der Waals surface area contributed by atoms with Gasteiger partial charge in [-0.3, -0.25) is 4.72 Å². The fourth-order valence-electron chi connectivity index (χ4n) is 0.502. The van der Waals surface area contributed by atoms with Gasteiger partial charge in [0.25, 0.3) is 0 Å². The molecule has 0 heterocycles. The van der Waals surface area contributed by atoms with Gasteiger partial charge in [-0.1, -0.05) is 30.2 Å². The number of thioether (sulfide) groups is 1. The lowest BCUT2D eigenvalue weighted by Gasteiger charge is -2.09. The highest BCUT2D eigenvalue weighted by atomic mass is 32.2. The van der Waals surface area contributed by atoms with Crippen LogP contribution in [-0.2, 0) is 0 Å². The monoisotopic (exact) mass is 201 g/mol. The molecule has 0 aliphatic rings. The van der Waals surface area contributed by atoms with Crippen molar-refractivity contribution < 1.29 is 0 Å². The van der Waals surface area contributed by atoms with E-state index in [0.717, 1.165) is 12.3 Å². The summed E-state index contributed by atoms with van der Waals surface area (Å²) < 4.78 is 3.56. The van der Waals surface area contributed by atoms with Crippen LogP contribution in [0.1, 0.15) is 0 Å². The van der Waals surface area contributed by atoms with Crippen LogP contribution in [0.15, 0.2) is 38.0 Å². The SMILES string of the molecule is C=CCNSC(C=C)SCC=C. The van der Waals surface area contributed by atoms with Crippen LogP contribution in [-0.4, -0.2) is 16.9 Å². The van der Waals surface area contributed by atoms with Gasteiger partial charge in [0.15, 0.2) is 0 Å². The van der Waals surface area contributed by atoms with Crippen LogP contribution in [0.4, 0.5) is 0 Å². The van der Waals surface area contributed by atoms with E-state index in [1.807, 2.05) is 18.2 Å². The van der Waals surface area contributed by atoms with Crippen LogP contribution < -0.4 is 4.72 Å². The lowest BCUT2D eigenvalue weighted by molar-refractivity contribution is 1.13. The van der Waals surface area contributed by atoms with Gasteiger partial charge in [0.05, 0.1) is 4.58 Å². The molecular weight excluding hydrogens is 186 g/mol. The first-order valence-electron chi connectivity index (χ1n) is 3.69. The second kappa shape index (κ2) is 8.97. The molecule has 0 bridgehead atoms. The predicted octanol–water partition coefficient (Wildman–Crippen LogP) is 2.84. The lowest BCUT2D eigenvalue weighted by atomic mass is 10.7. The first kappa shape index (κ1) is 11.9. The first-order chi connectivity index (χ1) is 5.85. The Hall–Kier alpha value is -0.120. The zero-order chi connectivity index (χ0) is 9.23. The molecule has 0 amide bonds. The van der Waals surface area contributed by atoms with E-state index < -0.39 is 0 Å². The Kier molecular flexibility index (Phi) is 8.88. The molecule has 1 atom stereocenters. The molecule has 1 N–H and O–H groups in total. The Morgan fingerprint density at radius 2 is 2.00 bits per heavy atom. The average Bonchev–Trinajstić information content (AvgIpc) is 2.11. The van der Waals surface area contributed by atoms with Gasteiger partial charge in [-0.05, 0) is 0 Å². The number of rotatable bonds is 8. The molecule has 0 fully saturated rings. The van der Waals surface area contributed by atoms with E-state index in [9.17, 15) is 0 Å². The largest absolute Gasteiger partial charge is 0.259 e. The smallest absolute Gasteiger partial charge is 0.0827 e. The van der Waals surface area contributed by atoms with Gasteiger partial charge in [0, 0.05) is 12.3 Å². The van der Waals surface area contributed by atoms with E-state index in [4.69, 9.17) is 0 Å². The van der Waals surface area contributed by atoms with Crippen LogP contribution in [0.25, 0.3) is 0 Å². The minimum absolute atomic E-state index is 0.392. The van der Waals surface area contributed by atoms with Crippen LogP contribution in [0.2, 0.25) is 0 Å². The molecule has 1 unspecified atom stereocenters. The molecule has 0 aromatic rings. The summed E-state index contributed by atoms with van der Waals surface area (Å²) in [5, 5.41) is 0. The Morgan fingerprint density at radius 3 is 2.50 bits per heavy atom. The maximum absolute atomic E-state index is 3.75. The van der Waals surface area contributed by atoms with Gasteiger partial charge in [-0.15, -0.1) is 31.5 Å². The minimum atomic E-state index is 0.392. The quantitative estimate of drug-likeness (QED) is 0.281. The summed E-state index contributed by atoms with van der Waals surface area (Å²) in [6, 6.07) is 0. The summed E-state index contributed by atoms with van der Waals surface area (Å²) in [5.41, 5.74) is 0. The highest BCUT2D eigenvalue weighted by Crippen LogP contribution is 2.21. The maximum Gasteiger partial charge on any atom is 0.0827 e. The molecule has 0 aliphatic carbocycles. The van der Waals surface area contributed by atoms with Gasteiger partial charge < -0.3 is 0 Å². The maximum atomic E-state index is 3.75. The Bertz CT molecular complexity index is 145. The van der Waals surface area contributed by atoms with Crippen molar-refractivity contribution in [2.24, 2.45) is 0 Å². The zero-order valence-electron chi connectivity index (χ0n) is 7.16. The van der Waals surface area contributed by atoms with Gasteiger partial charge in [-0.2, -0.15) is 0 Å². The van der Waals surface area contributed by atoms with E-state index in [1.165, 1.54) is 0 Å². The highest BCUT2D eigenvalue weighted by molar-refractivity contribution is 8.16. The molecule has 0 rings (SSSR count).